The average Bonchev–Trinajstić information content (AvgIpc) is 2.01. The fourth-order valence-corrected chi connectivity index (χ4v) is 3.04. The van der Waals surface area contributed by atoms with E-state index >= 15 is 0 Å². The first-order valence-electron chi connectivity index (χ1n) is 6.25. The fourth-order valence-electron chi connectivity index (χ4n) is 3.04. The van der Waals surface area contributed by atoms with Gasteiger partial charge in [0.05, 0.1) is 0 Å². The summed E-state index contributed by atoms with van der Waals surface area (Å²) in [6, 6.07) is 0. The van der Waals surface area contributed by atoms with Gasteiger partial charge in [-0.05, 0) is 37.0 Å². The molecular weight excluding hydrogens is 168 g/mol. The van der Waals surface area contributed by atoms with Crippen LogP contribution in [0.15, 0.2) is 11.6 Å². The van der Waals surface area contributed by atoms with Crippen LogP contribution in [0.4, 0.5) is 0 Å². The quantitative estimate of drug-likeness (QED) is 0.558. The summed E-state index contributed by atoms with van der Waals surface area (Å²) in [6.07, 6.45) is 10.6. The molecule has 0 aliphatic heterocycles. The van der Waals surface area contributed by atoms with E-state index in [0.29, 0.717) is 5.41 Å². The Kier molecular flexibility index (Phi) is 4.22. The van der Waals surface area contributed by atoms with Gasteiger partial charge >= 0.3 is 0 Å². The van der Waals surface area contributed by atoms with E-state index in [9.17, 15) is 0 Å². The highest BCUT2D eigenvalue weighted by molar-refractivity contribution is 5.09. The van der Waals surface area contributed by atoms with Crippen molar-refractivity contribution >= 4 is 0 Å². The highest BCUT2D eigenvalue weighted by Gasteiger charge is 2.29. The van der Waals surface area contributed by atoms with Crippen LogP contribution in [-0.2, 0) is 0 Å². The highest BCUT2D eigenvalue weighted by Crippen LogP contribution is 2.43. The van der Waals surface area contributed by atoms with E-state index in [0.717, 1.165) is 5.92 Å². The molecule has 0 bridgehead atoms. The third-order valence-electron chi connectivity index (χ3n) is 3.29. The van der Waals surface area contributed by atoms with Crippen molar-refractivity contribution in [1.29, 1.82) is 0 Å². The molecule has 0 amide bonds. The molecule has 1 saturated carbocycles. The second-order valence-corrected chi connectivity index (χ2v) is 5.67. The molecule has 1 aliphatic carbocycles. The first kappa shape index (κ1) is 11.8. The summed E-state index contributed by atoms with van der Waals surface area (Å²) < 4.78 is 0. The zero-order chi connectivity index (χ0) is 10.6. The Morgan fingerprint density at radius 2 is 2.07 bits per heavy atom. The Morgan fingerprint density at radius 3 is 2.64 bits per heavy atom. The van der Waals surface area contributed by atoms with Crippen LogP contribution in [0, 0.1) is 11.3 Å². The number of rotatable bonds is 3. The summed E-state index contributed by atoms with van der Waals surface area (Å²) in [5.74, 6) is 0.960. The van der Waals surface area contributed by atoms with Crippen LogP contribution in [0.3, 0.4) is 0 Å². The Balaban J connectivity index is 2.62. The van der Waals surface area contributed by atoms with Crippen LogP contribution >= 0.6 is 0 Å². The van der Waals surface area contributed by atoms with Crippen LogP contribution in [0.1, 0.15) is 66.2 Å². The molecule has 1 fully saturated rings. The molecule has 0 radical (unpaired) electrons. The van der Waals surface area contributed by atoms with E-state index in [1.165, 1.54) is 38.5 Å². The zero-order valence-corrected chi connectivity index (χ0v) is 10.4. The Morgan fingerprint density at radius 1 is 1.36 bits per heavy atom. The van der Waals surface area contributed by atoms with Gasteiger partial charge < -0.3 is 0 Å². The minimum atomic E-state index is 0.555. The average molecular weight is 194 g/mol. The molecule has 0 spiro atoms. The topological polar surface area (TPSA) is 0 Å². The number of hydrogen-bond donors (Lipinski definition) is 0. The minimum Gasteiger partial charge on any atom is -0.0856 e. The van der Waals surface area contributed by atoms with Gasteiger partial charge in [0.25, 0.3) is 0 Å². The molecule has 0 aromatic carbocycles. The van der Waals surface area contributed by atoms with E-state index in [-0.39, 0.29) is 0 Å². The molecule has 1 atom stereocenters. The van der Waals surface area contributed by atoms with Crippen molar-refractivity contribution in [2.24, 2.45) is 11.3 Å². The highest BCUT2D eigenvalue weighted by atomic mass is 14.3. The molecule has 0 aromatic rings. The molecule has 0 saturated heterocycles. The lowest BCUT2D eigenvalue weighted by molar-refractivity contribution is 0.213. The van der Waals surface area contributed by atoms with Gasteiger partial charge in [-0.3, -0.25) is 0 Å². The monoisotopic (exact) mass is 194 g/mol. The number of allylic oxidation sites excluding steroid dienone is 2. The van der Waals surface area contributed by atoms with Crippen molar-refractivity contribution in [3.63, 3.8) is 0 Å². The molecule has 1 unspecified atom stereocenters. The van der Waals surface area contributed by atoms with Gasteiger partial charge in [-0.25, -0.2) is 0 Å². The van der Waals surface area contributed by atoms with Gasteiger partial charge in [0.15, 0.2) is 0 Å². The zero-order valence-electron chi connectivity index (χ0n) is 10.4. The Bertz CT molecular complexity index is 198. The van der Waals surface area contributed by atoms with Crippen LogP contribution in [0.2, 0.25) is 0 Å². The van der Waals surface area contributed by atoms with Gasteiger partial charge in [-0.1, -0.05) is 52.2 Å². The summed E-state index contributed by atoms with van der Waals surface area (Å²) in [6.45, 7) is 9.42. The third kappa shape index (κ3) is 3.48. The van der Waals surface area contributed by atoms with Crippen LogP contribution in [-0.4, -0.2) is 0 Å². The lowest BCUT2D eigenvalue weighted by Crippen LogP contribution is -2.24. The molecular formula is C14H26. The first-order chi connectivity index (χ1) is 6.57. The van der Waals surface area contributed by atoms with Gasteiger partial charge in [-0.2, -0.15) is 0 Å². The van der Waals surface area contributed by atoms with E-state index in [4.69, 9.17) is 0 Å². The van der Waals surface area contributed by atoms with Crippen molar-refractivity contribution in [3.05, 3.63) is 11.6 Å². The van der Waals surface area contributed by atoms with Crippen molar-refractivity contribution in [2.45, 2.75) is 66.2 Å². The van der Waals surface area contributed by atoms with Crippen molar-refractivity contribution < 1.29 is 0 Å². The van der Waals surface area contributed by atoms with Crippen molar-refractivity contribution in [1.82, 2.24) is 0 Å². The van der Waals surface area contributed by atoms with Crippen molar-refractivity contribution in [3.8, 4) is 0 Å². The third-order valence-corrected chi connectivity index (χ3v) is 3.29. The van der Waals surface area contributed by atoms with E-state index in [1.54, 1.807) is 5.57 Å². The lowest BCUT2D eigenvalue weighted by Gasteiger charge is -2.37. The molecule has 1 aliphatic rings. The lowest BCUT2D eigenvalue weighted by atomic mass is 9.69. The van der Waals surface area contributed by atoms with E-state index in [1.807, 2.05) is 0 Å². The molecule has 1 rings (SSSR count). The molecule has 14 heavy (non-hydrogen) atoms. The summed E-state index contributed by atoms with van der Waals surface area (Å²) >= 11 is 0. The van der Waals surface area contributed by atoms with Gasteiger partial charge in [0, 0.05) is 0 Å². The van der Waals surface area contributed by atoms with E-state index < -0.39 is 0 Å². The second kappa shape index (κ2) is 5.00. The smallest absolute Gasteiger partial charge is 0.0268 e. The van der Waals surface area contributed by atoms with E-state index in [2.05, 4.69) is 33.8 Å². The maximum absolute atomic E-state index is 2.46. The van der Waals surface area contributed by atoms with Crippen LogP contribution in [0.5, 0.6) is 0 Å². The SMILES string of the molecule is CC/C=C1/CC(CCC)CC(C)(C)C1. The summed E-state index contributed by atoms with van der Waals surface area (Å²) in [5.41, 5.74) is 2.28. The summed E-state index contributed by atoms with van der Waals surface area (Å²) in [4.78, 5) is 0. The number of hydrogen-bond acceptors (Lipinski definition) is 0. The maximum Gasteiger partial charge on any atom is -0.0268 e. The van der Waals surface area contributed by atoms with Crippen LogP contribution in [0.25, 0.3) is 0 Å². The van der Waals surface area contributed by atoms with Crippen molar-refractivity contribution in [2.75, 3.05) is 0 Å². The van der Waals surface area contributed by atoms with Gasteiger partial charge in [-0.15, -0.1) is 0 Å². The largest absolute Gasteiger partial charge is 0.0856 e. The minimum absolute atomic E-state index is 0.555. The molecule has 82 valence electrons. The fraction of sp³-hybridized carbons (Fsp3) is 0.857. The summed E-state index contributed by atoms with van der Waals surface area (Å²) in [7, 11) is 0. The normalized spacial score (nSPS) is 29.4. The first-order valence-corrected chi connectivity index (χ1v) is 6.25. The predicted octanol–water partition coefficient (Wildman–Crippen LogP) is 4.95. The maximum atomic E-state index is 2.46. The van der Waals surface area contributed by atoms with Gasteiger partial charge in [0.1, 0.15) is 0 Å². The second-order valence-electron chi connectivity index (χ2n) is 5.67. The standard InChI is InChI=1S/C14H26/c1-5-7-12-9-13(8-6-2)11-14(3,4)10-12/h7,13H,5-6,8-11H2,1-4H3/b12-7-. The van der Waals surface area contributed by atoms with Crippen LogP contribution < -0.4 is 0 Å². The molecule has 0 heterocycles. The van der Waals surface area contributed by atoms with Gasteiger partial charge in [0.2, 0.25) is 0 Å². The Labute approximate surface area is 89.8 Å². The predicted molar refractivity (Wildman–Crippen MR) is 64.4 cm³/mol. The molecule has 0 heteroatoms. The molecule has 0 nitrogen and oxygen atoms in total. The summed E-state index contributed by atoms with van der Waals surface area (Å²) in [5, 5.41) is 0. The Hall–Kier alpha value is -0.260. The molecule has 0 N–H and O–H groups in total. The molecule has 0 aromatic heterocycles.